The van der Waals surface area contributed by atoms with Crippen molar-refractivity contribution in [2.75, 3.05) is 13.7 Å². The molecule has 1 saturated heterocycles. The minimum atomic E-state index is -5.08. The first-order chi connectivity index (χ1) is 12.1. The number of nitrogens with two attached hydrogens (primary N) is 1. The van der Waals surface area contributed by atoms with Gasteiger partial charge in [0.1, 0.15) is 0 Å². The molecule has 1 aromatic heterocycles. The Morgan fingerprint density at radius 3 is 2.31 bits per heavy atom. The van der Waals surface area contributed by atoms with Crippen LogP contribution in [0.25, 0.3) is 0 Å². The Morgan fingerprint density at radius 2 is 1.88 bits per heavy atom. The van der Waals surface area contributed by atoms with Crippen LogP contribution in [0.2, 0.25) is 0 Å². The first-order valence-electron chi connectivity index (χ1n) is 7.80. The maximum absolute atomic E-state index is 12.5. The molecule has 26 heavy (non-hydrogen) atoms. The molecule has 1 fully saturated rings. The van der Waals surface area contributed by atoms with E-state index in [-0.39, 0.29) is 24.0 Å². The highest BCUT2D eigenvalue weighted by atomic mass is 19.4. The Kier molecular flexibility index (Phi) is 7.75. The van der Waals surface area contributed by atoms with Crippen LogP contribution in [-0.2, 0) is 4.79 Å². The van der Waals surface area contributed by atoms with Crippen LogP contribution in [0.15, 0.2) is 12.4 Å². The molecule has 3 N–H and O–H groups in total. The Bertz CT molecular complexity index is 608. The highest BCUT2D eigenvalue weighted by molar-refractivity contribution is 5.94. The summed E-state index contributed by atoms with van der Waals surface area (Å²) in [7, 11) is 1.49. The lowest BCUT2D eigenvalue weighted by Crippen LogP contribution is -2.51. The fourth-order valence-electron chi connectivity index (χ4n) is 2.45. The maximum atomic E-state index is 12.5. The lowest BCUT2D eigenvalue weighted by atomic mass is 9.96. The Labute approximate surface area is 148 Å². The number of rotatable bonds is 3. The van der Waals surface area contributed by atoms with Crippen molar-refractivity contribution in [3.8, 4) is 6.01 Å². The lowest BCUT2D eigenvalue weighted by molar-refractivity contribution is -0.192. The van der Waals surface area contributed by atoms with Crippen molar-refractivity contribution in [1.29, 1.82) is 0 Å². The Balaban J connectivity index is 0.000000412. The molecule has 146 valence electrons. The topological polar surface area (TPSA) is 119 Å². The molecule has 1 aliphatic heterocycles. The summed E-state index contributed by atoms with van der Waals surface area (Å²) in [5, 5.41) is 7.12. The molecule has 11 heteroatoms. The normalized spacial score (nSPS) is 18.4. The summed E-state index contributed by atoms with van der Waals surface area (Å²) in [6.45, 7) is 2.69. The third-order valence-electron chi connectivity index (χ3n) is 3.72. The third kappa shape index (κ3) is 6.14. The molecule has 1 aliphatic rings. The van der Waals surface area contributed by atoms with Crippen molar-refractivity contribution in [2.45, 2.75) is 44.4 Å². The number of hydrogen-bond acceptors (Lipinski definition) is 6. The molecule has 0 radical (unpaired) electrons. The van der Waals surface area contributed by atoms with Gasteiger partial charge in [0.25, 0.3) is 5.91 Å². The van der Waals surface area contributed by atoms with Gasteiger partial charge in [-0.15, -0.1) is 0 Å². The summed E-state index contributed by atoms with van der Waals surface area (Å²) < 4.78 is 36.6. The van der Waals surface area contributed by atoms with Crippen molar-refractivity contribution in [2.24, 2.45) is 5.73 Å². The zero-order valence-corrected chi connectivity index (χ0v) is 14.4. The molecular weight excluding hydrogens is 357 g/mol. The van der Waals surface area contributed by atoms with Crippen LogP contribution in [0, 0.1) is 0 Å². The van der Waals surface area contributed by atoms with Gasteiger partial charge < -0.3 is 20.5 Å². The van der Waals surface area contributed by atoms with Gasteiger partial charge in [-0.2, -0.15) is 13.2 Å². The first-order valence-corrected chi connectivity index (χ1v) is 7.80. The molecular formula is C15H21F3N4O4. The second kappa shape index (κ2) is 9.32. The predicted octanol–water partition coefficient (Wildman–Crippen LogP) is 1.46. The molecule has 1 aromatic rings. The second-order valence-electron chi connectivity index (χ2n) is 5.68. The number of ether oxygens (including phenoxy) is 1. The van der Waals surface area contributed by atoms with Crippen LogP contribution in [-0.4, -0.2) is 63.8 Å². The van der Waals surface area contributed by atoms with Crippen molar-refractivity contribution in [3.05, 3.63) is 18.0 Å². The van der Waals surface area contributed by atoms with E-state index in [0.29, 0.717) is 5.56 Å². The number of nitrogens with zero attached hydrogens (tertiary/aromatic N) is 3. The molecule has 0 saturated carbocycles. The van der Waals surface area contributed by atoms with E-state index < -0.39 is 12.1 Å². The molecule has 2 unspecified atom stereocenters. The summed E-state index contributed by atoms with van der Waals surface area (Å²) in [5.74, 6) is -2.81. The van der Waals surface area contributed by atoms with Gasteiger partial charge in [-0.1, -0.05) is 0 Å². The lowest BCUT2D eigenvalue weighted by Gasteiger charge is -2.38. The highest BCUT2D eigenvalue weighted by Gasteiger charge is 2.38. The van der Waals surface area contributed by atoms with E-state index in [0.717, 1.165) is 25.8 Å². The number of piperidine rings is 1. The van der Waals surface area contributed by atoms with Gasteiger partial charge in [-0.3, -0.25) is 4.79 Å². The van der Waals surface area contributed by atoms with Crippen molar-refractivity contribution in [3.63, 3.8) is 0 Å². The van der Waals surface area contributed by atoms with Crippen molar-refractivity contribution >= 4 is 11.9 Å². The summed E-state index contributed by atoms with van der Waals surface area (Å²) in [6, 6.07) is 0.339. The summed E-state index contributed by atoms with van der Waals surface area (Å²) in [5.41, 5.74) is 6.45. The van der Waals surface area contributed by atoms with Crippen LogP contribution in [0.3, 0.4) is 0 Å². The SMILES string of the molecule is COc1ncc(C(=O)N2CCCCC2C(C)N)cn1.O=C(O)C(F)(F)F. The van der Waals surface area contributed by atoms with E-state index in [1.54, 1.807) is 0 Å². The fraction of sp³-hybridized carbons (Fsp3) is 0.600. The highest BCUT2D eigenvalue weighted by Crippen LogP contribution is 2.21. The van der Waals surface area contributed by atoms with Gasteiger partial charge >= 0.3 is 18.2 Å². The van der Waals surface area contributed by atoms with Crippen LogP contribution >= 0.6 is 0 Å². The number of hydrogen-bond donors (Lipinski definition) is 2. The van der Waals surface area contributed by atoms with Gasteiger partial charge in [-0.25, -0.2) is 14.8 Å². The smallest absolute Gasteiger partial charge is 0.475 e. The van der Waals surface area contributed by atoms with E-state index >= 15 is 0 Å². The van der Waals surface area contributed by atoms with Crippen molar-refractivity contribution < 1.29 is 32.6 Å². The molecule has 2 atom stereocenters. The average molecular weight is 378 g/mol. The third-order valence-corrected chi connectivity index (χ3v) is 3.72. The number of halogens is 3. The molecule has 0 spiro atoms. The van der Waals surface area contributed by atoms with E-state index in [9.17, 15) is 18.0 Å². The molecule has 1 amide bonds. The van der Waals surface area contributed by atoms with Crippen LogP contribution in [0.5, 0.6) is 6.01 Å². The van der Waals surface area contributed by atoms with E-state index in [2.05, 4.69) is 9.97 Å². The number of aliphatic carboxylic acids is 1. The molecule has 0 bridgehead atoms. The van der Waals surface area contributed by atoms with E-state index in [4.69, 9.17) is 20.4 Å². The molecule has 0 aliphatic carbocycles. The van der Waals surface area contributed by atoms with Gasteiger partial charge in [0.05, 0.1) is 12.7 Å². The number of carboxylic acid groups (broad SMARTS) is 1. The van der Waals surface area contributed by atoms with E-state index in [1.807, 2.05) is 11.8 Å². The maximum Gasteiger partial charge on any atom is 0.490 e. The van der Waals surface area contributed by atoms with Crippen LogP contribution in [0.4, 0.5) is 13.2 Å². The molecule has 2 heterocycles. The van der Waals surface area contributed by atoms with Gasteiger partial charge in [0.2, 0.25) is 0 Å². The number of carboxylic acids is 1. The number of methoxy groups -OCH3 is 1. The summed E-state index contributed by atoms with van der Waals surface area (Å²) in [6.07, 6.45) is 1.02. The molecule has 2 rings (SSSR count). The van der Waals surface area contributed by atoms with Gasteiger partial charge in [-0.05, 0) is 26.2 Å². The zero-order valence-electron chi connectivity index (χ0n) is 14.4. The number of aromatic nitrogens is 2. The van der Waals surface area contributed by atoms with Gasteiger partial charge in [0, 0.05) is 31.0 Å². The number of alkyl halides is 3. The van der Waals surface area contributed by atoms with Crippen molar-refractivity contribution in [1.82, 2.24) is 14.9 Å². The van der Waals surface area contributed by atoms with Crippen LogP contribution < -0.4 is 10.5 Å². The average Bonchev–Trinajstić information content (AvgIpc) is 2.61. The van der Waals surface area contributed by atoms with Crippen LogP contribution in [0.1, 0.15) is 36.5 Å². The standard InChI is InChI=1S/C13H20N4O2.C2HF3O2/c1-9(14)11-5-3-4-6-17(11)12(18)10-7-15-13(19-2)16-8-10;3-2(4,5)1(6)7/h7-9,11H,3-6,14H2,1-2H3;(H,6,7). The Hall–Kier alpha value is -2.43. The summed E-state index contributed by atoms with van der Waals surface area (Å²) in [4.78, 5) is 31.1. The minimum Gasteiger partial charge on any atom is -0.475 e. The van der Waals surface area contributed by atoms with E-state index in [1.165, 1.54) is 19.5 Å². The second-order valence-corrected chi connectivity index (χ2v) is 5.68. The molecule has 0 aromatic carbocycles. The van der Waals surface area contributed by atoms with Gasteiger partial charge in [0.15, 0.2) is 0 Å². The predicted molar refractivity (Wildman–Crippen MR) is 84.6 cm³/mol. The minimum absolute atomic E-state index is 0.0246. The number of likely N-dealkylation sites (tertiary alicyclic amines) is 1. The number of amides is 1. The summed E-state index contributed by atoms with van der Waals surface area (Å²) >= 11 is 0. The number of carbonyl (C=O) groups is 2. The Morgan fingerprint density at radius 1 is 1.35 bits per heavy atom. The zero-order chi connectivity index (χ0) is 19.9. The quantitative estimate of drug-likeness (QED) is 0.817. The fourth-order valence-corrected chi connectivity index (χ4v) is 2.45. The molecule has 8 nitrogen and oxygen atoms in total. The number of carbonyl (C=O) groups excluding carboxylic acids is 1. The monoisotopic (exact) mass is 378 g/mol. The first kappa shape index (κ1) is 21.6. The largest absolute Gasteiger partial charge is 0.490 e.